The third-order valence-electron chi connectivity index (χ3n) is 5.76. The second-order valence-electron chi connectivity index (χ2n) is 7.89. The van der Waals surface area contributed by atoms with Crippen molar-refractivity contribution in [2.75, 3.05) is 26.2 Å². The summed E-state index contributed by atoms with van der Waals surface area (Å²) in [4.78, 5) is 28.7. The number of carbonyl (C=O) groups excluding carboxylic acids is 2. The monoisotopic (exact) mass is 381 g/mol. The van der Waals surface area contributed by atoms with Gasteiger partial charge in [-0.2, -0.15) is 0 Å². The fourth-order valence-corrected chi connectivity index (χ4v) is 4.34. The Kier molecular flexibility index (Phi) is 5.22. The fraction of sp³-hybridized carbons (Fsp3) is 0.455. The van der Waals surface area contributed by atoms with E-state index in [-0.39, 0.29) is 23.8 Å². The van der Waals surface area contributed by atoms with Crippen LogP contribution in [0.2, 0.25) is 0 Å². The van der Waals surface area contributed by atoms with E-state index in [9.17, 15) is 9.59 Å². The zero-order valence-electron chi connectivity index (χ0n) is 16.5. The van der Waals surface area contributed by atoms with Crippen molar-refractivity contribution in [1.29, 1.82) is 0 Å². The third kappa shape index (κ3) is 3.97. The first kappa shape index (κ1) is 18.7. The number of fused-ring (bicyclic) bond motifs is 1. The van der Waals surface area contributed by atoms with Gasteiger partial charge in [0.2, 0.25) is 11.8 Å². The molecule has 148 valence electrons. The van der Waals surface area contributed by atoms with Gasteiger partial charge in [0.1, 0.15) is 11.5 Å². The topological polar surface area (TPSA) is 65.8 Å². The molecule has 1 aromatic heterocycles. The Balaban J connectivity index is 1.42. The van der Waals surface area contributed by atoms with Crippen LogP contribution in [0.4, 0.5) is 0 Å². The van der Waals surface area contributed by atoms with Crippen LogP contribution < -0.4 is 5.32 Å². The summed E-state index contributed by atoms with van der Waals surface area (Å²) in [7, 11) is 0. The van der Waals surface area contributed by atoms with E-state index in [0.717, 1.165) is 31.0 Å². The highest BCUT2D eigenvalue weighted by Crippen LogP contribution is 2.29. The number of likely N-dealkylation sites (tertiary alicyclic amines) is 1. The summed E-state index contributed by atoms with van der Waals surface area (Å²) in [6.07, 6.45) is 0.978. The second-order valence-corrected chi connectivity index (χ2v) is 7.89. The molecule has 2 aliphatic heterocycles. The summed E-state index contributed by atoms with van der Waals surface area (Å²) in [6, 6.07) is 12.2. The number of hydrogen-bond acceptors (Lipinski definition) is 4. The van der Waals surface area contributed by atoms with Crippen LogP contribution in [-0.2, 0) is 22.6 Å². The molecule has 6 nitrogen and oxygen atoms in total. The lowest BCUT2D eigenvalue weighted by Crippen LogP contribution is -2.43. The van der Waals surface area contributed by atoms with E-state index in [1.807, 2.05) is 24.0 Å². The molecule has 0 spiro atoms. The van der Waals surface area contributed by atoms with E-state index in [1.165, 1.54) is 18.1 Å². The number of aryl methyl sites for hydroxylation is 1. The molecule has 2 unspecified atom stereocenters. The van der Waals surface area contributed by atoms with Crippen LogP contribution in [0.1, 0.15) is 35.5 Å². The highest BCUT2D eigenvalue weighted by Gasteiger charge is 2.38. The average molecular weight is 381 g/mol. The lowest BCUT2D eigenvalue weighted by molar-refractivity contribution is -0.132. The van der Waals surface area contributed by atoms with Crippen molar-refractivity contribution in [3.8, 4) is 0 Å². The summed E-state index contributed by atoms with van der Waals surface area (Å²) < 4.78 is 5.80. The first-order chi connectivity index (χ1) is 13.5. The highest BCUT2D eigenvalue weighted by molar-refractivity contribution is 5.79. The molecule has 1 N–H and O–H groups in total. The van der Waals surface area contributed by atoms with E-state index in [4.69, 9.17) is 4.42 Å². The van der Waals surface area contributed by atoms with Crippen LogP contribution in [0, 0.1) is 6.92 Å². The average Bonchev–Trinajstić information content (AvgIpc) is 3.27. The molecule has 0 aliphatic carbocycles. The quantitative estimate of drug-likeness (QED) is 0.881. The van der Waals surface area contributed by atoms with Crippen LogP contribution in [0.3, 0.4) is 0 Å². The zero-order valence-corrected chi connectivity index (χ0v) is 16.5. The van der Waals surface area contributed by atoms with Crippen molar-refractivity contribution in [2.45, 2.75) is 38.8 Å². The first-order valence-electron chi connectivity index (χ1n) is 9.90. The van der Waals surface area contributed by atoms with Gasteiger partial charge in [0.05, 0.1) is 18.5 Å². The summed E-state index contributed by atoms with van der Waals surface area (Å²) in [5.41, 5.74) is 2.69. The third-order valence-corrected chi connectivity index (χ3v) is 5.76. The van der Waals surface area contributed by atoms with Gasteiger partial charge in [-0.25, -0.2) is 0 Å². The number of rotatable bonds is 4. The first-order valence-corrected chi connectivity index (χ1v) is 9.90. The van der Waals surface area contributed by atoms with Gasteiger partial charge in [-0.3, -0.25) is 14.5 Å². The molecule has 2 aromatic rings. The number of furan rings is 1. The molecule has 2 aliphatic rings. The van der Waals surface area contributed by atoms with Crippen LogP contribution in [0.15, 0.2) is 40.8 Å². The Morgan fingerprint density at radius 2 is 1.93 bits per heavy atom. The van der Waals surface area contributed by atoms with E-state index in [2.05, 4.69) is 34.5 Å². The van der Waals surface area contributed by atoms with Crippen molar-refractivity contribution >= 4 is 11.8 Å². The molecule has 2 atom stereocenters. The smallest absolute Gasteiger partial charge is 0.236 e. The molecule has 2 amide bonds. The van der Waals surface area contributed by atoms with Crippen molar-refractivity contribution < 1.29 is 14.0 Å². The predicted molar refractivity (Wildman–Crippen MR) is 106 cm³/mol. The second kappa shape index (κ2) is 7.80. The van der Waals surface area contributed by atoms with Gasteiger partial charge in [-0.1, -0.05) is 24.3 Å². The van der Waals surface area contributed by atoms with Gasteiger partial charge in [0.15, 0.2) is 0 Å². The van der Waals surface area contributed by atoms with Crippen molar-refractivity contribution in [1.82, 2.24) is 15.1 Å². The minimum absolute atomic E-state index is 0.0105. The molecule has 6 heteroatoms. The lowest BCUT2D eigenvalue weighted by Gasteiger charge is -2.29. The Labute approximate surface area is 165 Å². The normalized spacial score (nSPS) is 22.1. The molecule has 1 saturated heterocycles. The van der Waals surface area contributed by atoms with Gasteiger partial charge >= 0.3 is 0 Å². The molecule has 0 radical (unpaired) electrons. The maximum absolute atomic E-state index is 13.0. The Hall–Kier alpha value is -2.60. The molecule has 1 aromatic carbocycles. The van der Waals surface area contributed by atoms with E-state index < -0.39 is 0 Å². The van der Waals surface area contributed by atoms with Gasteiger partial charge in [-0.05, 0) is 36.6 Å². The number of nitrogens with one attached hydrogen (secondary N) is 1. The lowest BCUT2D eigenvalue weighted by atomic mass is 10.00. The number of amides is 2. The minimum atomic E-state index is -0.117. The van der Waals surface area contributed by atoms with Crippen LogP contribution >= 0.6 is 0 Å². The number of nitrogens with zero attached hydrogens (tertiary/aromatic N) is 2. The van der Waals surface area contributed by atoms with Gasteiger partial charge < -0.3 is 14.6 Å². The largest absolute Gasteiger partial charge is 0.466 e. The molecule has 0 bridgehead atoms. The Bertz CT molecular complexity index is 875. The number of carbonyl (C=O) groups is 2. The molecule has 28 heavy (non-hydrogen) atoms. The summed E-state index contributed by atoms with van der Waals surface area (Å²) in [5.74, 6) is 1.69. The van der Waals surface area contributed by atoms with Crippen molar-refractivity contribution in [3.63, 3.8) is 0 Å². The van der Waals surface area contributed by atoms with E-state index >= 15 is 0 Å². The molecular weight excluding hydrogens is 354 g/mol. The highest BCUT2D eigenvalue weighted by atomic mass is 16.3. The maximum atomic E-state index is 13.0. The van der Waals surface area contributed by atoms with Gasteiger partial charge in [-0.15, -0.1) is 0 Å². The molecule has 1 fully saturated rings. The fourth-order valence-electron chi connectivity index (χ4n) is 4.34. The van der Waals surface area contributed by atoms with Gasteiger partial charge in [0, 0.05) is 33.1 Å². The van der Waals surface area contributed by atoms with E-state index in [0.29, 0.717) is 19.6 Å². The van der Waals surface area contributed by atoms with Crippen molar-refractivity contribution in [3.05, 3.63) is 59.0 Å². The summed E-state index contributed by atoms with van der Waals surface area (Å²) in [6.45, 7) is 6.63. The van der Waals surface area contributed by atoms with Crippen LogP contribution in [0.5, 0.6) is 0 Å². The molecule has 0 saturated carbocycles. The van der Waals surface area contributed by atoms with Gasteiger partial charge in [0.25, 0.3) is 0 Å². The molecule has 4 rings (SSSR count). The molecular formula is C22H27N3O3. The van der Waals surface area contributed by atoms with Crippen molar-refractivity contribution in [2.24, 2.45) is 0 Å². The van der Waals surface area contributed by atoms with E-state index in [1.54, 1.807) is 0 Å². The number of hydrogen-bond donors (Lipinski definition) is 1. The Morgan fingerprint density at radius 3 is 2.64 bits per heavy atom. The SMILES string of the molecule is CC(=O)NC1CN(C(=O)CN2CCc3ccccc3C2)CC1c1ccc(C)o1. The van der Waals surface area contributed by atoms with Crippen LogP contribution in [0.25, 0.3) is 0 Å². The number of benzene rings is 1. The zero-order chi connectivity index (χ0) is 19.7. The summed E-state index contributed by atoms with van der Waals surface area (Å²) in [5, 5.41) is 2.99. The predicted octanol–water partition coefficient (Wildman–Crippen LogP) is 2.08. The summed E-state index contributed by atoms with van der Waals surface area (Å²) >= 11 is 0. The minimum Gasteiger partial charge on any atom is -0.466 e. The maximum Gasteiger partial charge on any atom is 0.236 e. The standard InChI is InChI=1S/C22H27N3O3/c1-15-7-8-21(28-15)19-12-25(13-20(19)23-16(2)26)22(27)14-24-10-9-17-5-3-4-6-18(17)11-24/h3-8,19-20H,9-14H2,1-2H3,(H,23,26). The molecule has 3 heterocycles. The van der Waals surface area contributed by atoms with Crippen LogP contribution in [-0.4, -0.2) is 53.8 Å². The Morgan fingerprint density at radius 1 is 1.14 bits per heavy atom.